The molecular formula is C30H34N4O5S. The molecule has 2 aromatic carbocycles. The Morgan fingerprint density at radius 3 is 2.52 bits per heavy atom. The van der Waals surface area contributed by atoms with Gasteiger partial charge in [0.1, 0.15) is 17.7 Å². The molecule has 0 aliphatic carbocycles. The number of β-amino-alcohol motifs (C(OH)–C–C–N with tert-alkyl or cyclic N) is 1. The number of aromatic nitrogens is 1. The zero-order valence-electron chi connectivity index (χ0n) is 22.8. The van der Waals surface area contributed by atoms with E-state index in [1.54, 1.807) is 28.4 Å². The molecule has 210 valence electrons. The van der Waals surface area contributed by atoms with Gasteiger partial charge in [0.15, 0.2) is 0 Å². The maximum absolute atomic E-state index is 14.0. The zero-order valence-corrected chi connectivity index (χ0v) is 23.6. The van der Waals surface area contributed by atoms with Crippen molar-refractivity contribution in [2.75, 3.05) is 13.2 Å². The fourth-order valence-electron chi connectivity index (χ4n) is 5.65. The second-order valence-electron chi connectivity index (χ2n) is 11.0. The largest absolute Gasteiger partial charge is 0.393 e. The van der Waals surface area contributed by atoms with Gasteiger partial charge in [-0.2, -0.15) is 0 Å². The van der Waals surface area contributed by atoms with Crippen LogP contribution >= 0.6 is 11.3 Å². The van der Waals surface area contributed by atoms with Gasteiger partial charge in [0, 0.05) is 25.1 Å². The molecule has 3 N–H and O–H groups in total. The van der Waals surface area contributed by atoms with E-state index in [4.69, 9.17) is 0 Å². The van der Waals surface area contributed by atoms with Crippen molar-refractivity contribution in [1.82, 2.24) is 20.1 Å². The number of fused-ring (bicyclic) bond motifs is 1. The molecule has 0 bridgehead atoms. The Hall–Kier alpha value is -3.60. The number of hydrogen-bond donors (Lipinski definition) is 3. The Bertz CT molecular complexity index is 1420. The number of nitrogens with one attached hydrogen (secondary N) is 1. The molecule has 0 radical (unpaired) electrons. The molecule has 2 aliphatic rings. The SMILES string of the molecule is Cc1ncsc1-c1ccc(CNC(=O)[C@@H]2C[C@@](O)(CO)CN2C(=O)[C@H](C(C)C)N2Cc3ccccc3C2=O)cc1. The van der Waals surface area contributed by atoms with Crippen LogP contribution in [0.15, 0.2) is 54.0 Å². The van der Waals surface area contributed by atoms with Crippen molar-refractivity contribution >= 4 is 29.1 Å². The minimum absolute atomic E-state index is 0.0936. The van der Waals surface area contributed by atoms with Crippen LogP contribution in [0.25, 0.3) is 10.4 Å². The molecule has 2 aliphatic heterocycles. The van der Waals surface area contributed by atoms with E-state index in [2.05, 4.69) is 10.3 Å². The van der Waals surface area contributed by atoms with Gasteiger partial charge in [0.25, 0.3) is 5.91 Å². The van der Waals surface area contributed by atoms with Crippen LogP contribution in [-0.4, -0.2) is 73.6 Å². The molecule has 0 saturated carbocycles. The fourth-order valence-corrected chi connectivity index (χ4v) is 6.46. The van der Waals surface area contributed by atoms with E-state index in [-0.39, 0.29) is 31.3 Å². The van der Waals surface area contributed by atoms with Crippen LogP contribution < -0.4 is 5.32 Å². The van der Waals surface area contributed by atoms with E-state index in [0.29, 0.717) is 12.1 Å². The normalized spacial score (nSPS) is 21.1. The quantitative estimate of drug-likeness (QED) is 0.388. The number of rotatable bonds is 8. The lowest BCUT2D eigenvalue weighted by molar-refractivity contribution is -0.143. The number of aliphatic hydroxyl groups excluding tert-OH is 1. The molecule has 1 fully saturated rings. The predicted octanol–water partition coefficient (Wildman–Crippen LogP) is 2.74. The van der Waals surface area contributed by atoms with Gasteiger partial charge < -0.3 is 25.3 Å². The lowest BCUT2D eigenvalue weighted by atomic mass is 10.00. The van der Waals surface area contributed by atoms with Crippen molar-refractivity contribution in [1.29, 1.82) is 0 Å². The lowest BCUT2D eigenvalue weighted by Gasteiger charge is -2.35. The van der Waals surface area contributed by atoms with Crippen LogP contribution in [0.2, 0.25) is 0 Å². The smallest absolute Gasteiger partial charge is 0.255 e. The number of carbonyl (C=O) groups is 3. The van der Waals surface area contributed by atoms with Crippen molar-refractivity contribution in [3.63, 3.8) is 0 Å². The van der Waals surface area contributed by atoms with E-state index < -0.39 is 36.1 Å². The molecule has 3 aromatic rings. The Morgan fingerprint density at radius 2 is 1.90 bits per heavy atom. The number of benzene rings is 2. The van der Waals surface area contributed by atoms with Crippen molar-refractivity contribution in [2.24, 2.45) is 5.92 Å². The maximum atomic E-state index is 14.0. The van der Waals surface area contributed by atoms with E-state index in [1.807, 2.05) is 62.7 Å². The first kappa shape index (κ1) is 27.9. The third kappa shape index (κ3) is 5.26. The average molecular weight is 563 g/mol. The first-order valence-electron chi connectivity index (χ1n) is 13.4. The van der Waals surface area contributed by atoms with E-state index in [9.17, 15) is 24.6 Å². The summed E-state index contributed by atoms with van der Waals surface area (Å²) < 4.78 is 0. The first-order chi connectivity index (χ1) is 19.1. The highest BCUT2D eigenvalue weighted by Gasteiger charge is 2.50. The molecule has 1 saturated heterocycles. The van der Waals surface area contributed by atoms with Gasteiger partial charge in [-0.3, -0.25) is 14.4 Å². The molecule has 3 atom stereocenters. The van der Waals surface area contributed by atoms with Crippen LogP contribution in [0.3, 0.4) is 0 Å². The van der Waals surface area contributed by atoms with Crippen molar-refractivity contribution in [3.8, 4) is 10.4 Å². The molecule has 3 heterocycles. The number of aliphatic hydroxyl groups is 2. The second kappa shape index (κ2) is 11.1. The van der Waals surface area contributed by atoms with Crippen LogP contribution in [0, 0.1) is 12.8 Å². The Balaban J connectivity index is 1.32. The van der Waals surface area contributed by atoms with Gasteiger partial charge in [0.05, 0.1) is 29.2 Å². The Labute approximate surface area is 237 Å². The number of thiazole rings is 1. The van der Waals surface area contributed by atoms with E-state index in [1.165, 1.54) is 4.90 Å². The molecule has 5 rings (SSSR count). The molecule has 40 heavy (non-hydrogen) atoms. The second-order valence-corrected chi connectivity index (χ2v) is 11.9. The predicted molar refractivity (Wildman–Crippen MR) is 151 cm³/mol. The van der Waals surface area contributed by atoms with Crippen molar-refractivity contribution < 1.29 is 24.6 Å². The maximum Gasteiger partial charge on any atom is 0.255 e. The Kier molecular flexibility index (Phi) is 7.76. The van der Waals surface area contributed by atoms with E-state index >= 15 is 0 Å². The van der Waals surface area contributed by atoms with Crippen LogP contribution in [-0.2, 0) is 22.7 Å². The summed E-state index contributed by atoms with van der Waals surface area (Å²) >= 11 is 1.57. The van der Waals surface area contributed by atoms with Gasteiger partial charge in [-0.05, 0) is 35.6 Å². The lowest BCUT2D eigenvalue weighted by Crippen LogP contribution is -2.55. The van der Waals surface area contributed by atoms with Crippen molar-refractivity contribution in [2.45, 2.75) is 58.0 Å². The minimum atomic E-state index is -1.61. The summed E-state index contributed by atoms with van der Waals surface area (Å²) in [6.45, 7) is 5.45. The first-order valence-corrected chi connectivity index (χ1v) is 14.3. The standard InChI is InChI=1S/C30H34N4O5S/c1-18(2)25(33-14-22-6-4-5-7-23(22)28(33)37)29(38)34-15-30(39,16-35)12-24(34)27(36)31-13-20-8-10-21(11-9-20)26-19(3)32-17-40-26/h4-11,17-18,24-25,35,39H,12-16H2,1-3H3,(H,31,36)/t24-,25-,30-/m0/s1. The molecule has 1 aromatic heterocycles. The summed E-state index contributed by atoms with van der Waals surface area (Å²) in [5.74, 6) is -1.29. The number of hydrogen-bond acceptors (Lipinski definition) is 7. The summed E-state index contributed by atoms with van der Waals surface area (Å²) in [6, 6.07) is 13.3. The fraction of sp³-hybridized carbons (Fsp3) is 0.400. The number of amides is 3. The molecule has 10 heteroatoms. The average Bonchev–Trinajstić information content (AvgIpc) is 3.63. The molecule has 3 amide bonds. The third-order valence-corrected chi connectivity index (χ3v) is 8.77. The van der Waals surface area contributed by atoms with Gasteiger partial charge in [-0.1, -0.05) is 56.3 Å². The van der Waals surface area contributed by atoms with Crippen LogP contribution in [0.5, 0.6) is 0 Å². The third-order valence-electron chi connectivity index (χ3n) is 7.79. The highest BCUT2D eigenvalue weighted by Crippen LogP contribution is 2.33. The van der Waals surface area contributed by atoms with Gasteiger partial charge in [-0.15, -0.1) is 11.3 Å². The summed E-state index contributed by atoms with van der Waals surface area (Å²) in [4.78, 5) is 48.9. The number of aryl methyl sites for hydroxylation is 1. The van der Waals surface area contributed by atoms with Crippen molar-refractivity contribution in [3.05, 3.63) is 76.4 Å². The monoisotopic (exact) mass is 562 g/mol. The summed E-state index contributed by atoms with van der Waals surface area (Å²) in [7, 11) is 0. The topological polar surface area (TPSA) is 123 Å². The molecule has 0 unspecified atom stereocenters. The van der Waals surface area contributed by atoms with E-state index in [0.717, 1.165) is 27.3 Å². The minimum Gasteiger partial charge on any atom is -0.393 e. The molecular weight excluding hydrogens is 528 g/mol. The van der Waals surface area contributed by atoms with Crippen LogP contribution in [0.4, 0.5) is 0 Å². The van der Waals surface area contributed by atoms with Crippen LogP contribution in [0.1, 0.15) is 47.4 Å². The summed E-state index contributed by atoms with van der Waals surface area (Å²) in [6.07, 6.45) is -0.0936. The molecule has 0 spiro atoms. The number of nitrogens with zero attached hydrogens (tertiary/aromatic N) is 3. The summed E-state index contributed by atoms with van der Waals surface area (Å²) in [5, 5.41) is 23.7. The summed E-state index contributed by atoms with van der Waals surface area (Å²) in [5.41, 5.74) is 4.52. The Morgan fingerprint density at radius 1 is 1.18 bits per heavy atom. The van der Waals surface area contributed by atoms with Gasteiger partial charge in [0.2, 0.25) is 11.8 Å². The molecule has 9 nitrogen and oxygen atoms in total. The van der Waals surface area contributed by atoms with Gasteiger partial charge in [-0.25, -0.2) is 4.98 Å². The number of likely N-dealkylation sites (tertiary alicyclic amines) is 1. The highest BCUT2D eigenvalue weighted by atomic mass is 32.1. The number of carbonyl (C=O) groups excluding carboxylic acids is 3. The zero-order chi connectivity index (χ0) is 28.6. The van der Waals surface area contributed by atoms with Gasteiger partial charge >= 0.3 is 0 Å². The highest BCUT2D eigenvalue weighted by molar-refractivity contribution is 7.13.